The second-order valence-electron chi connectivity index (χ2n) is 11.9. The van der Waals surface area contributed by atoms with Crippen LogP contribution in [0, 0.1) is 0 Å². The number of hydrogen-bond donors (Lipinski definition) is 2. The lowest BCUT2D eigenvalue weighted by Crippen LogP contribution is -2.33. The fourth-order valence-corrected chi connectivity index (χ4v) is 5.50. The largest absolute Gasteiger partial charge is 0.461 e. The molecule has 0 atom stereocenters. The average Bonchev–Trinajstić information content (AvgIpc) is 3.03. The third-order valence-corrected chi connectivity index (χ3v) is 7.53. The molecule has 1 amide bonds. The van der Waals surface area contributed by atoms with Crippen molar-refractivity contribution in [1.29, 1.82) is 0 Å². The lowest BCUT2D eigenvalue weighted by Gasteiger charge is -2.19. The second kappa shape index (κ2) is 14.2. The summed E-state index contributed by atoms with van der Waals surface area (Å²) >= 11 is 0. The fourth-order valence-electron chi connectivity index (χ4n) is 5.50. The minimum Gasteiger partial charge on any atom is -0.461 e. The van der Waals surface area contributed by atoms with Crippen LogP contribution < -0.4 is 5.32 Å². The van der Waals surface area contributed by atoms with Crippen LogP contribution in [-0.4, -0.2) is 29.3 Å². The zero-order valence-corrected chi connectivity index (χ0v) is 26.0. The molecule has 6 aromatic carbocycles. The number of aliphatic hydroxyl groups is 1. The first kappa shape index (κ1) is 31.5. The van der Waals surface area contributed by atoms with Gasteiger partial charge in [-0.25, -0.2) is 4.79 Å². The molecule has 0 bridgehead atoms. The normalized spacial score (nSPS) is 11.3. The number of esters is 1. The number of aliphatic hydroxyl groups excluding tert-OH is 1. The molecule has 0 fully saturated rings. The summed E-state index contributed by atoms with van der Waals surface area (Å²) < 4.78 is 10.7. The molecule has 0 radical (unpaired) electrons. The van der Waals surface area contributed by atoms with Gasteiger partial charge in [-0.1, -0.05) is 97.1 Å². The summed E-state index contributed by atoms with van der Waals surface area (Å²) in [7, 11) is 0. The number of rotatable bonds is 7. The van der Waals surface area contributed by atoms with Gasteiger partial charge in [0.05, 0.1) is 6.61 Å². The Bertz CT molecular complexity index is 1850. The molecule has 2 N–H and O–H groups in total. The van der Waals surface area contributed by atoms with E-state index in [0.29, 0.717) is 13.0 Å². The summed E-state index contributed by atoms with van der Waals surface area (Å²) in [6.07, 6.45) is 0.250. The number of alkyl carbamates (subject to hydrolysis) is 1. The van der Waals surface area contributed by atoms with Crippen molar-refractivity contribution < 1.29 is 24.2 Å². The molecule has 0 aliphatic rings. The molecule has 0 spiro atoms. The Balaban J connectivity index is 0.000000209. The summed E-state index contributed by atoms with van der Waals surface area (Å²) in [6, 6.07) is 36.9. The van der Waals surface area contributed by atoms with Gasteiger partial charge in [-0.15, -0.1) is 0 Å². The van der Waals surface area contributed by atoms with Crippen molar-refractivity contribution in [2.75, 3.05) is 6.54 Å². The number of carbonyl (C=O) groups is 2. The molecular formula is C39H39NO5. The van der Waals surface area contributed by atoms with Crippen molar-refractivity contribution in [1.82, 2.24) is 5.32 Å². The maximum Gasteiger partial charge on any atom is 0.407 e. The Labute approximate surface area is 263 Å². The highest BCUT2D eigenvalue weighted by molar-refractivity contribution is 6.03. The van der Waals surface area contributed by atoms with Crippen LogP contribution in [0.4, 0.5) is 4.79 Å². The molecule has 0 saturated heterocycles. The number of hydrogen-bond acceptors (Lipinski definition) is 5. The molecule has 0 saturated carbocycles. The van der Waals surface area contributed by atoms with Gasteiger partial charge in [0.15, 0.2) is 0 Å². The van der Waals surface area contributed by atoms with Crippen LogP contribution in [0.2, 0.25) is 0 Å². The smallest absolute Gasteiger partial charge is 0.407 e. The molecule has 0 unspecified atom stereocenters. The van der Waals surface area contributed by atoms with E-state index in [1.165, 1.54) is 10.8 Å². The number of ether oxygens (including phenoxy) is 2. The highest BCUT2D eigenvalue weighted by Gasteiger charge is 2.16. The van der Waals surface area contributed by atoms with E-state index in [0.717, 1.165) is 43.4 Å². The average molecular weight is 602 g/mol. The van der Waals surface area contributed by atoms with Crippen molar-refractivity contribution in [3.8, 4) is 0 Å². The van der Waals surface area contributed by atoms with Crippen molar-refractivity contribution in [2.45, 2.75) is 52.4 Å². The van der Waals surface area contributed by atoms with E-state index in [1.54, 1.807) is 20.8 Å². The van der Waals surface area contributed by atoms with Gasteiger partial charge in [0.25, 0.3) is 0 Å². The predicted molar refractivity (Wildman–Crippen MR) is 182 cm³/mol. The van der Waals surface area contributed by atoms with E-state index in [4.69, 9.17) is 9.47 Å². The zero-order valence-electron chi connectivity index (χ0n) is 26.0. The molecule has 6 aromatic rings. The highest BCUT2D eigenvalue weighted by atomic mass is 16.6. The Morgan fingerprint density at radius 3 is 1.51 bits per heavy atom. The number of carbonyl (C=O) groups excluding carboxylic acids is 2. The first-order valence-electron chi connectivity index (χ1n) is 15.3. The van der Waals surface area contributed by atoms with Crippen LogP contribution in [-0.2, 0) is 27.5 Å². The van der Waals surface area contributed by atoms with Crippen LogP contribution in [0.15, 0.2) is 109 Å². The van der Waals surface area contributed by atoms with Crippen LogP contribution in [0.1, 0.15) is 44.7 Å². The molecule has 0 aliphatic heterocycles. The van der Waals surface area contributed by atoms with Gasteiger partial charge in [-0.3, -0.25) is 4.79 Å². The first-order chi connectivity index (χ1) is 21.7. The SMILES string of the molecule is CC(C)(C)OC(=O)NCCCC(=O)OCc1c2ccccc2cc2ccccc12.OCc1c2ccccc2cc2ccccc12. The zero-order chi connectivity index (χ0) is 31.8. The van der Waals surface area contributed by atoms with Crippen molar-refractivity contribution >= 4 is 55.2 Å². The Morgan fingerprint density at radius 2 is 1.09 bits per heavy atom. The predicted octanol–water partition coefficient (Wildman–Crippen LogP) is 8.83. The Kier molecular flexibility index (Phi) is 9.95. The van der Waals surface area contributed by atoms with E-state index >= 15 is 0 Å². The summed E-state index contributed by atoms with van der Waals surface area (Å²) in [5.41, 5.74) is 1.50. The van der Waals surface area contributed by atoms with Gasteiger partial charge in [0.1, 0.15) is 12.2 Å². The summed E-state index contributed by atoms with van der Waals surface area (Å²) in [4.78, 5) is 23.8. The Hall–Kier alpha value is -4.94. The molecule has 0 aromatic heterocycles. The summed E-state index contributed by atoms with van der Waals surface area (Å²) in [6.45, 7) is 6.09. The lowest BCUT2D eigenvalue weighted by atomic mass is 9.97. The maximum atomic E-state index is 12.2. The van der Waals surface area contributed by atoms with E-state index in [2.05, 4.69) is 66.0 Å². The van der Waals surface area contributed by atoms with Crippen LogP contribution in [0.5, 0.6) is 0 Å². The first-order valence-corrected chi connectivity index (χ1v) is 15.3. The molecular weight excluding hydrogens is 562 g/mol. The van der Waals surface area contributed by atoms with Gasteiger partial charge >= 0.3 is 12.1 Å². The quantitative estimate of drug-likeness (QED) is 0.109. The standard InChI is InChI=1S/C24H27NO4.C15H12O/c1-24(2,3)29-23(27)25-14-8-13-22(26)28-16-21-19-11-6-4-9-17(19)15-18-10-5-7-12-20(18)21;16-10-15-13-7-3-1-5-11(13)9-12-6-2-4-8-14(12)15/h4-7,9-12,15H,8,13-14,16H2,1-3H3,(H,25,27);1-9,16H,10H2. The van der Waals surface area contributed by atoms with E-state index < -0.39 is 11.7 Å². The van der Waals surface area contributed by atoms with Gasteiger partial charge < -0.3 is 19.9 Å². The molecule has 6 rings (SSSR count). The summed E-state index contributed by atoms with van der Waals surface area (Å²) in [5, 5.41) is 21.3. The topological polar surface area (TPSA) is 84.9 Å². The maximum absolute atomic E-state index is 12.2. The van der Waals surface area contributed by atoms with Gasteiger partial charge in [-0.05, 0) is 88.0 Å². The van der Waals surface area contributed by atoms with Crippen molar-refractivity contribution in [3.05, 3.63) is 120 Å². The Morgan fingerprint density at radius 1 is 0.667 bits per heavy atom. The molecule has 45 heavy (non-hydrogen) atoms. The van der Waals surface area contributed by atoms with E-state index in [1.807, 2.05) is 48.5 Å². The fraction of sp³-hybridized carbons (Fsp3) is 0.231. The third-order valence-electron chi connectivity index (χ3n) is 7.53. The van der Waals surface area contributed by atoms with Crippen molar-refractivity contribution in [2.24, 2.45) is 0 Å². The number of nitrogens with one attached hydrogen (secondary N) is 1. The van der Waals surface area contributed by atoms with Crippen LogP contribution >= 0.6 is 0 Å². The van der Waals surface area contributed by atoms with E-state index in [-0.39, 0.29) is 25.6 Å². The van der Waals surface area contributed by atoms with Crippen molar-refractivity contribution in [3.63, 3.8) is 0 Å². The second-order valence-corrected chi connectivity index (χ2v) is 11.9. The highest BCUT2D eigenvalue weighted by Crippen LogP contribution is 2.30. The molecule has 6 heteroatoms. The third kappa shape index (κ3) is 7.97. The number of benzene rings is 6. The monoisotopic (exact) mass is 601 g/mol. The van der Waals surface area contributed by atoms with Crippen LogP contribution in [0.25, 0.3) is 43.1 Å². The van der Waals surface area contributed by atoms with Gasteiger partial charge in [0, 0.05) is 18.5 Å². The molecule has 230 valence electrons. The lowest BCUT2D eigenvalue weighted by molar-refractivity contribution is -0.145. The van der Waals surface area contributed by atoms with Crippen LogP contribution in [0.3, 0.4) is 0 Å². The van der Waals surface area contributed by atoms with E-state index in [9.17, 15) is 14.7 Å². The summed E-state index contributed by atoms with van der Waals surface area (Å²) in [5.74, 6) is -0.284. The van der Waals surface area contributed by atoms with Gasteiger partial charge in [0.2, 0.25) is 0 Å². The molecule has 6 nitrogen and oxygen atoms in total. The molecule has 0 aliphatic carbocycles. The number of fused-ring (bicyclic) bond motifs is 4. The van der Waals surface area contributed by atoms with Gasteiger partial charge in [-0.2, -0.15) is 0 Å². The number of amides is 1. The minimum atomic E-state index is -0.537. The minimum absolute atomic E-state index is 0.0852. The molecule has 0 heterocycles.